The van der Waals surface area contributed by atoms with Crippen LogP contribution in [0.15, 0.2) is 0 Å². The van der Waals surface area contributed by atoms with Gasteiger partial charge in [-0.25, -0.2) is 0 Å². The third-order valence-corrected chi connectivity index (χ3v) is 4.10. The van der Waals surface area contributed by atoms with Crippen molar-refractivity contribution in [1.82, 2.24) is 4.90 Å². The van der Waals surface area contributed by atoms with Crippen molar-refractivity contribution in [2.75, 3.05) is 19.6 Å². The molecule has 0 aromatic heterocycles. The van der Waals surface area contributed by atoms with E-state index >= 15 is 0 Å². The molecule has 3 nitrogen and oxygen atoms in total. The van der Waals surface area contributed by atoms with E-state index in [0.717, 1.165) is 38.4 Å². The molecule has 0 aromatic carbocycles. The third kappa shape index (κ3) is 4.47. The molecule has 0 amide bonds. The predicted molar refractivity (Wildman–Crippen MR) is 70.6 cm³/mol. The molecule has 1 aliphatic carbocycles. The molecule has 1 unspecified atom stereocenters. The maximum atomic E-state index is 11.0. The van der Waals surface area contributed by atoms with Gasteiger partial charge in [0.25, 0.3) is 0 Å². The smallest absolute Gasteiger partial charge is 0.307 e. The standard InChI is InChI=1S/C13H23NO2.ClH/c15-13(16)12-7-4-8-14(10-12)9-11-5-2-1-3-6-11;/h11-12H,1-10H2,(H,15,16);1H. The second-order valence-corrected chi connectivity index (χ2v) is 5.44. The molecule has 100 valence electrons. The van der Waals surface area contributed by atoms with Gasteiger partial charge in [-0.15, -0.1) is 12.4 Å². The highest BCUT2D eigenvalue weighted by atomic mass is 35.5. The molecule has 2 aliphatic rings. The Labute approximate surface area is 110 Å². The molecule has 17 heavy (non-hydrogen) atoms. The number of hydrogen-bond donors (Lipinski definition) is 1. The molecular formula is C13H24ClNO2. The topological polar surface area (TPSA) is 40.5 Å². The van der Waals surface area contributed by atoms with E-state index in [9.17, 15) is 4.79 Å². The monoisotopic (exact) mass is 261 g/mol. The van der Waals surface area contributed by atoms with Gasteiger partial charge < -0.3 is 10.0 Å². The summed E-state index contributed by atoms with van der Waals surface area (Å²) in [6, 6.07) is 0. The van der Waals surface area contributed by atoms with Gasteiger partial charge in [-0.05, 0) is 38.1 Å². The Morgan fingerprint density at radius 3 is 2.47 bits per heavy atom. The van der Waals surface area contributed by atoms with Crippen molar-refractivity contribution in [3.63, 3.8) is 0 Å². The Morgan fingerprint density at radius 1 is 1.12 bits per heavy atom. The number of nitrogens with zero attached hydrogens (tertiary/aromatic N) is 1. The van der Waals surface area contributed by atoms with Crippen LogP contribution < -0.4 is 0 Å². The predicted octanol–water partition coefficient (Wildman–Crippen LogP) is 2.79. The number of carbonyl (C=O) groups is 1. The van der Waals surface area contributed by atoms with Gasteiger partial charge in [0.15, 0.2) is 0 Å². The molecule has 4 heteroatoms. The zero-order valence-corrected chi connectivity index (χ0v) is 11.3. The normalized spacial score (nSPS) is 27.4. The molecular weight excluding hydrogens is 238 g/mol. The second-order valence-electron chi connectivity index (χ2n) is 5.44. The Balaban J connectivity index is 0.00000144. The van der Waals surface area contributed by atoms with Gasteiger partial charge in [0.1, 0.15) is 0 Å². The summed E-state index contributed by atoms with van der Waals surface area (Å²) in [5, 5.41) is 9.04. The van der Waals surface area contributed by atoms with E-state index in [0.29, 0.717) is 0 Å². The quantitative estimate of drug-likeness (QED) is 0.849. The molecule has 0 radical (unpaired) electrons. The summed E-state index contributed by atoms with van der Waals surface area (Å²) < 4.78 is 0. The molecule has 0 bridgehead atoms. The van der Waals surface area contributed by atoms with Crippen LogP contribution in [0.3, 0.4) is 0 Å². The molecule has 2 rings (SSSR count). The van der Waals surface area contributed by atoms with Crippen LogP contribution >= 0.6 is 12.4 Å². The number of aliphatic carboxylic acids is 1. The Kier molecular flexibility index (Phi) is 6.28. The van der Waals surface area contributed by atoms with Crippen LogP contribution in [-0.4, -0.2) is 35.6 Å². The Hall–Kier alpha value is -0.280. The highest BCUT2D eigenvalue weighted by Crippen LogP contribution is 2.26. The first-order chi connectivity index (χ1) is 7.75. The average molecular weight is 262 g/mol. The van der Waals surface area contributed by atoms with Crippen molar-refractivity contribution in [3.8, 4) is 0 Å². The number of likely N-dealkylation sites (tertiary alicyclic amines) is 1. The minimum absolute atomic E-state index is 0. The zero-order valence-electron chi connectivity index (χ0n) is 10.4. The molecule has 1 aliphatic heterocycles. The van der Waals surface area contributed by atoms with Crippen LogP contribution in [0.4, 0.5) is 0 Å². The van der Waals surface area contributed by atoms with E-state index in [-0.39, 0.29) is 18.3 Å². The van der Waals surface area contributed by atoms with Crippen LogP contribution in [-0.2, 0) is 4.79 Å². The summed E-state index contributed by atoms with van der Waals surface area (Å²) in [5.41, 5.74) is 0. The lowest BCUT2D eigenvalue weighted by atomic mass is 9.88. The first-order valence-corrected chi connectivity index (χ1v) is 6.71. The third-order valence-electron chi connectivity index (χ3n) is 4.10. The van der Waals surface area contributed by atoms with Crippen LogP contribution in [0.5, 0.6) is 0 Å². The molecule has 1 saturated carbocycles. The summed E-state index contributed by atoms with van der Waals surface area (Å²) in [4.78, 5) is 13.4. The summed E-state index contributed by atoms with van der Waals surface area (Å²) in [6.45, 7) is 3.04. The SMILES string of the molecule is Cl.O=C(O)C1CCCN(CC2CCCCC2)C1. The number of halogens is 1. The fourth-order valence-corrected chi connectivity index (χ4v) is 3.16. The lowest BCUT2D eigenvalue weighted by Gasteiger charge is -2.34. The van der Waals surface area contributed by atoms with E-state index in [1.807, 2.05) is 0 Å². The van der Waals surface area contributed by atoms with E-state index in [1.54, 1.807) is 0 Å². The minimum Gasteiger partial charge on any atom is -0.481 e. The number of carboxylic acid groups (broad SMARTS) is 1. The molecule has 2 fully saturated rings. The molecule has 1 N–H and O–H groups in total. The second kappa shape index (κ2) is 7.22. The molecule has 0 spiro atoms. The minimum atomic E-state index is -0.603. The van der Waals surface area contributed by atoms with Crippen LogP contribution in [0.1, 0.15) is 44.9 Å². The maximum Gasteiger partial charge on any atom is 0.307 e. The van der Waals surface area contributed by atoms with Gasteiger partial charge in [0.2, 0.25) is 0 Å². The van der Waals surface area contributed by atoms with Crippen molar-refractivity contribution in [2.24, 2.45) is 11.8 Å². The van der Waals surface area contributed by atoms with Crippen LogP contribution in [0.2, 0.25) is 0 Å². The van der Waals surface area contributed by atoms with Crippen molar-refractivity contribution < 1.29 is 9.90 Å². The fourth-order valence-electron chi connectivity index (χ4n) is 3.16. The van der Waals surface area contributed by atoms with E-state index in [4.69, 9.17) is 5.11 Å². The lowest BCUT2D eigenvalue weighted by molar-refractivity contribution is -0.143. The van der Waals surface area contributed by atoms with Crippen molar-refractivity contribution in [3.05, 3.63) is 0 Å². The summed E-state index contributed by atoms with van der Waals surface area (Å²) in [5.74, 6) is 0.118. The number of piperidine rings is 1. The Bertz CT molecular complexity index is 242. The lowest BCUT2D eigenvalue weighted by Crippen LogP contribution is -2.41. The molecule has 1 atom stereocenters. The van der Waals surface area contributed by atoms with Gasteiger partial charge in [-0.1, -0.05) is 19.3 Å². The van der Waals surface area contributed by atoms with Crippen LogP contribution in [0, 0.1) is 11.8 Å². The van der Waals surface area contributed by atoms with E-state index < -0.39 is 5.97 Å². The highest BCUT2D eigenvalue weighted by Gasteiger charge is 2.27. The largest absolute Gasteiger partial charge is 0.481 e. The zero-order chi connectivity index (χ0) is 11.4. The van der Waals surface area contributed by atoms with Gasteiger partial charge in [0.05, 0.1) is 5.92 Å². The van der Waals surface area contributed by atoms with Gasteiger partial charge >= 0.3 is 5.97 Å². The summed E-state index contributed by atoms with van der Waals surface area (Å²) in [7, 11) is 0. The molecule has 1 heterocycles. The van der Waals surface area contributed by atoms with Crippen molar-refractivity contribution >= 4 is 18.4 Å². The van der Waals surface area contributed by atoms with Crippen molar-refractivity contribution in [2.45, 2.75) is 44.9 Å². The number of carboxylic acids is 1. The fraction of sp³-hybridized carbons (Fsp3) is 0.923. The van der Waals surface area contributed by atoms with E-state index in [2.05, 4.69) is 4.90 Å². The summed E-state index contributed by atoms with van der Waals surface area (Å²) >= 11 is 0. The van der Waals surface area contributed by atoms with Gasteiger partial charge in [-0.3, -0.25) is 4.79 Å². The number of hydrogen-bond acceptors (Lipinski definition) is 2. The summed E-state index contributed by atoms with van der Waals surface area (Å²) in [6.07, 6.45) is 8.79. The van der Waals surface area contributed by atoms with Gasteiger partial charge in [-0.2, -0.15) is 0 Å². The molecule has 1 saturated heterocycles. The van der Waals surface area contributed by atoms with Gasteiger partial charge in [0, 0.05) is 13.1 Å². The van der Waals surface area contributed by atoms with E-state index in [1.165, 1.54) is 32.1 Å². The first-order valence-electron chi connectivity index (χ1n) is 6.71. The Morgan fingerprint density at radius 2 is 1.82 bits per heavy atom. The molecule has 0 aromatic rings. The van der Waals surface area contributed by atoms with Crippen LogP contribution in [0.25, 0.3) is 0 Å². The average Bonchev–Trinajstić information content (AvgIpc) is 2.30. The highest BCUT2D eigenvalue weighted by molar-refractivity contribution is 5.85. The first kappa shape index (κ1) is 14.8. The van der Waals surface area contributed by atoms with Crippen molar-refractivity contribution in [1.29, 1.82) is 0 Å². The number of rotatable bonds is 3. The maximum absolute atomic E-state index is 11.0.